The van der Waals surface area contributed by atoms with E-state index in [0.29, 0.717) is 50.4 Å². The Kier molecular flexibility index (Phi) is 21.5. The highest BCUT2D eigenvalue weighted by Crippen LogP contribution is 2.31. The number of nitrogens with zero attached hydrogens (tertiary/aromatic N) is 1. The number of carbonyl (C=O) groups is 1. The normalized spacial score (nSPS) is 17.0. The van der Waals surface area contributed by atoms with Crippen LogP contribution in [0.4, 0.5) is 0 Å². The molecular weight excluding hydrogens is 581 g/mol. The fraction of sp³-hybridized carbons (Fsp3) is 0.774. The topological polar surface area (TPSA) is 116 Å². The molecule has 0 aromatic heterocycles. The van der Waals surface area contributed by atoms with E-state index in [0.717, 1.165) is 56.6 Å². The van der Waals surface area contributed by atoms with E-state index in [1.165, 1.54) is 0 Å². The maximum absolute atomic E-state index is 12.7. The van der Waals surface area contributed by atoms with Gasteiger partial charge in [0.05, 0.1) is 25.9 Å². The van der Waals surface area contributed by atoms with Gasteiger partial charge in [-0.05, 0) is 61.6 Å². The van der Waals surface area contributed by atoms with E-state index in [1.54, 1.807) is 21.3 Å². The molecule has 1 aromatic carbocycles. The number of benzene rings is 1. The second-order valence-electron chi connectivity index (χ2n) is 11.6. The summed E-state index contributed by atoms with van der Waals surface area (Å²) < 4.78 is 22.0. The third-order valence-electron chi connectivity index (χ3n) is 8.13. The minimum Gasteiger partial charge on any atom is -0.493 e. The van der Waals surface area contributed by atoms with Gasteiger partial charge in [-0.25, -0.2) is 0 Å². The summed E-state index contributed by atoms with van der Waals surface area (Å²) in [5.41, 5.74) is 7.63. The summed E-state index contributed by atoms with van der Waals surface area (Å²) in [4.78, 5) is 15.0. The number of carbonyl (C=O) groups excluding carboxylic acids is 1. The molecular formula is C31H57Cl2N3O6. The van der Waals surface area contributed by atoms with Crippen LogP contribution in [0.5, 0.6) is 11.5 Å². The predicted octanol–water partition coefficient (Wildman–Crippen LogP) is 4.10. The maximum Gasteiger partial charge on any atom is 0.222 e. The van der Waals surface area contributed by atoms with E-state index in [-0.39, 0.29) is 42.6 Å². The van der Waals surface area contributed by atoms with Gasteiger partial charge in [0.25, 0.3) is 0 Å². The quantitative estimate of drug-likeness (QED) is 0.194. The number of aliphatic hydroxyl groups excluding tert-OH is 1. The molecule has 1 aliphatic rings. The van der Waals surface area contributed by atoms with Gasteiger partial charge in [-0.2, -0.15) is 0 Å². The molecule has 0 unspecified atom stereocenters. The summed E-state index contributed by atoms with van der Waals surface area (Å²) in [7, 11) is 5.09. The smallest absolute Gasteiger partial charge is 0.222 e. The molecule has 11 heteroatoms. The van der Waals surface area contributed by atoms with Crippen molar-refractivity contribution in [3.05, 3.63) is 23.8 Å². The largest absolute Gasteiger partial charge is 0.493 e. The summed E-state index contributed by atoms with van der Waals surface area (Å²) in [6, 6.07) is 5.63. The van der Waals surface area contributed by atoms with E-state index < -0.39 is 12.1 Å². The molecule has 0 saturated carbocycles. The van der Waals surface area contributed by atoms with Crippen molar-refractivity contribution in [3.63, 3.8) is 0 Å². The van der Waals surface area contributed by atoms with Crippen LogP contribution in [0.3, 0.4) is 0 Å². The molecule has 9 nitrogen and oxygen atoms in total. The Hall–Kier alpha value is -1.33. The lowest BCUT2D eigenvalue weighted by Gasteiger charge is -2.31. The molecule has 4 N–H and O–H groups in total. The highest BCUT2D eigenvalue weighted by atomic mass is 35.5. The Labute approximate surface area is 266 Å². The first-order valence-electron chi connectivity index (χ1n) is 14.9. The Morgan fingerprint density at radius 1 is 1.07 bits per heavy atom. The van der Waals surface area contributed by atoms with Gasteiger partial charge in [-0.1, -0.05) is 26.8 Å². The van der Waals surface area contributed by atoms with Gasteiger partial charge in [0.1, 0.15) is 0 Å². The number of aliphatic hydroxyl groups is 1. The zero-order chi connectivity index (χ0) is 29.5. The van der Waals surface area contributed by atoms with Gasteiger partial charge in [0.15, 0.2) is 11.5 Å². The van der Waals surface area contributed by atoms with E-state index >= 15 is 0 Å². The number of hydrogen-bond acceptors (Lipinski definition) is 8. The average Bonchev–Trinajstić information content (AvgIpc) is 2.95. The summed E-state index contributed by atoms with van der Waals surface area (Å²) in [6.45, 7) is 10.9. The third-order valence-corrected chi connectivity index (χ3v) is 8.13. The molecule has 1 fully saturated rings. The monoisotopic (exact) mass is 637 g/mol. The van der Waals surface area contributed by atoms with Gasteiger partial charge in [-0.3, -0.25) is 4.79 Å². The van der Waals surface area contributed by atoms with E-state index in [9.17, 15) is 9.90 Å². The summed E-state index contributed by atoms with van der Waals surface area (Å²) >= 11 is 0. The Bertz CT molecular complexity index is 858. The molecule has 1 amide bonds. The Balaban J connectivity index is 0.00000840. The number of piperidine rings is 1. The zero-order valence-corrected chi connectivity index (χ0v) is 28.1. The molecule has 0 radical (unpaired) electrons. The van der Waals surface area contributed by atoms with Crippen LogP contribution in [0.25, 0.3) is 0 Å². The van der Waals surface area contributed by atoms with Crippen molar-refractivity contribution in [1.29, 1.82) is 0 Å². The first kappa shape index (κ1) is 40.7. The van der Waals surface area contributed by atoms with Gasteiger partial charge in [0.2, 0.25) is 5.91 Å². The van der Waals surface area contributed by atoms with E-state index in [2.05, 4.69) is 30.1 Å². The van der Waals surface area contributed by atoms with Crippen LogP contribution in [0.2, 0.25) is 0 Å². The van der Waals surface area contributed by atoms with E-state index in [1.807, 2.05) is 19.1 Å². The lowest BCUT2D eigenvalue weighted by molar-refractivity contribution is -0.125. The Morgan fingerprint density at radius 3 is 2.36 bits per heavy atom. The highest BCUT2D eigenvalue weighted by molar-refractivity contribution is 5.85. The fourth-order valence-corrected chi connectivity index (χ4v) is 5.27. The number of methoxy groups -OCH3 is 3. The molecule has 4 atom stereocenters. The fourth-order valence-electron chi connectivity index (χ4n) is 5.27. The van der Waals surface area contributed by atoms with Gasteiger partial charge >= 0.3 is 0 Å². The minimum absolute atomic E-state index is 0. The molecule has 1 saturated heterocycles. The van der Waals surface area contributed by atoms with Crippen LogP contribution in [0.15, 0.2) is 18.2 Å². The highest BCUT2D eigenvalue weighted by Gasteiger charge is 2.26. The van der Waals surface area contributed by atoms with Crippen molar-refractivity contribution < 1.29 is 28.8 Å². The van der Waals surface area contributed by atoms with Crippen molar-refractivity contribution in [2.45, 2.75) is 77.5 Å². The number of rotatable bonds is 19. The SMILES string of the molecule is COCCCOc1cc(C[C@@H](C[C@H](N)[C@@H](O)C[C@@H](C)C(=O)NCCN2CCC(OC)CC2)C(C)C)ccc1OC.Cl.Cl. The second-order valence-corrected chi connectivity index (χ2v) is 11.6. The lowest BCUT2D eigenvalue weighted by Crippen LogP contribution is -2.43. The molecule has 0 spiro atoms. The minimum atomic E-state index is -0.745. The van der Waals surface area contributed by atoms with Crippen molar-refractivity contribution >= 4 is 30.7 Å². The first-order chi connectivity index (χ1) is 19.2. The number of hydrogen-bond donors (Lipinski definition) is 3. The van der Waals surface area contributed by atoms with Crippen LogP contribution < -0.4 is 20.5 Å². The van der Waals surface area contributed by atoms with Crippen LogP contribution >= 0.6 is 24.8 Å². The molecule has 246 valence electrons. The Morgan fingerprint density at radius 2 is 1.76 bits per heavy atom. The van der Waals surface area contributed by atoms with Gasteiger partial charge in [0, 0.05) is 65.4 Å². The van der Waals surface area contributed by atoms with Gasteiger partial charge < -0.3 is 40.0 Å². The second kappa shape index (κ2) is 22.2. The molecule has 1 heterocycles. The van der Waals surface area contributed by atoms with Crippen molar-refractivity contribution in [2.24, 2.45) is 23.5 Å². The van der Waals surface area contributed by atoms with Crippen LogP contribution in [-0.4, -0.2) is 94.9 Å². The molecule has 0 aliphatic carbocycles. The number of likely N-dealkylation sites (tertiary alicyclic amines) is 1. The van der Waals surface area contributed by atoms with Crippen LogP contribution in [0, 0.1) is 17.8 Å². The third kappa shape index (κ3) is 14.4. The number of nitrogens with two attached hydrogens (primary N) is 1. The van der Waals surface area contributed by atoms with Crippen molar-refractivity contribution in [1.82, 2.24) is 10.2 Å². The standard InChI is InChI=1S/C31H55N3O6.2ClH/c1-22(2)25(19-24-8-9-29(39-6)30(20-24)40-17-7-16-37-4)21-27(32)28(35)18-23(3)31(36)33-12-15-34-13-10-26(38-5)11-14-34;;/h8-9,20,22-23,25-28,35H,7,10-19,21,32H2,1-6H3,(H,33,36);2*1H/t23-,25+,27+,28+;;/m1../s1. The summed E-state index contributed by atoms with van der Waals surface area (Å²) in [6.07, 6.45) is 4.30. The van der Waals surface area contributed by atoms with Crippen molar-refractivity contribution in [3.8, 4) is 11.5 Å². The number of nitrogens with one attached hydrogen (secondary N) is 1. The maximum atomic E-state index is 12.7. The summed E-state index contributed by atoms with van der Waals surface area (Å²) in [5, 5.41) is 13.9. The van der Waals surface area contributed by atoms with Crippen LogP contribution in [-0.2, 0) is 20.7 Å². The molecule has 42 heavy (non-hydrogen) atoms. The first-order valence-corrected chi connectivity index (χ1v) is 14.9. The van der Waals surface area contributed by atoms with Crippen LogP contribution in [0.1, 0.15) is 58.4 Å². The molecule has 0 bridgehead atoms. The van der Waals surface area contributed by atoms with Gasteiger partial charge in [-0.15, -0.1) is 24.8 Å². The number of ether oxygens (including phenoxy) is 4. The molecule has 2 rings (SSSR count). The zero-order valence-electron chi connectivity index (χ0n) is 26.5. The summed E-state index contributed by atoms with van der Waals surface area (Å²) in [5.74, 6) is 1.73. The number of amides is 1. The molecule has 1 aliphatic heterocycles. The van der Waals surface area contributed by atoms with Crippen molar-refractivity contribution in [2.75, 3.05) is 60.7 Å². The lowest BCUT2D eigenvalue weighted by atomic mass is 9.82. The predicted molar refractivity (Wildman–Crippen MR) is 173 cm³/mol. The molecule has 1 aromatic rings. The van der Waals surface area contributed by atoms with E-state index in [4.69, 9.17) is 24.7 Å². The number of halogens is 2. The average molecular weight is 639 g/mol.